The lowest BCUT2D eigenvalue weighted by molar-refractivity contribution is -0.140. The van der Waals surface area contributed by atoms with E-state index in [1.165, 1.54) is 0 Å². The molecule has 0 aliphatic heterocycles. The molecular weight excluding hydrogens is 270 g/mol. The van der Waals surface area contributed by atoms with E-state index in [1.807, 2.05) is 0 Å². The van der Waals surface area contributed by atoms with Gasteiger partial charge in [0.05, 0.1) is 0 Å². The normalized spacial score (nSPS) is 12.7. The van der Waals surface area contributed by atoms with Gasteiger partial charge >= 0.3 is 5.97 Å². The fraction of sp³-hybridized carbons (Fsp3) is 0.583. The van der Waals surface area contributed by atoms with E-state index in [0.717, 1.165) is 6.20 Å². The number of halogens is 1. The first-order valence-corrected chi connectivity index (χ1v) is 6.40. The summed E-state index contributed by atoms with van der Waals surface area (Å²) in [6.07, 6.45) is 1.73. The van der Waals surface area contributed by atoms with Gasteiger partial charge in [0, 0.05) is 18.6 Å². The highest BCUT2D eigenvalue weighted by atomic mass is 35.5. The molecule has 0 saturated carbocycles. The number of amides is 1. The van der Waals surface area contributed by atoms with Crippen molar-refractivity contribution < 1.29 is 14.7 Å². The Morgan fingerprint density at radius 1 is 1.47 bits per heavy atom. The summed E-state index contributed by atoms with van der Waals surface area (Å²) in [6.45, 7) is 3.83. The van der Waals surface area contributed by atoms with Crippen LogP contribution in [0.3, 0.4) is 0 Å². The van der Waals surface area contributed by atoms with Crippen molar-refractivity contribution in [2.75, 3.05) is 12.4 Å². The summed E-state index contributed by atoms with van der Waals surface area (Å²) in [6, 6.07) is 0.874. The van der Waals surface area contributed by atoms with E-state index in [4.69, 9.17) is 22.0 Å². The van der Waals surface area contributed by atoms with Crippen LogP contribution in [-0.4, -0.2) is 35.4 Å². The molecule has 3 N–H and O–H groups in total. The Morgan fingerprint density at radius 3 is 2.53 bits per heavy atom. The Labute approximate surface area is 117 Å². The number of aliphatic carboxylic acids is 1. The van der Waals surface area contributed by atoms with Crippen molar-refractivity contribution >= 4 is 23.5 Å². The molecule has 0 spiro atoms. The van der Waals surface area contributed by atoms with Crippen LogP contribution in [0.5, 0.6) is 0 Å². The summed E-state index contributed by atoms with van der Waals surface area (Å²) in [4.78, 5) is 22.5. The van der Waals surface area contributed by atoms with E-state index in [2.05, 4.69) is 10.6 Å². The molecular formula is C12H18ClN3O3. The third-order valence-electron chi connectivity index (χ3n) is 2.30. The van der Waals surface area contributed by atoms with Crippen LogP contribution in [0, 0.1) is 17.2 Å². The molecule has 7 heteroatoms. The Hall–Kier alpha value is -1.74. The zero-order valence-electron chi connectivity index (χ0n) is 10.9. The quantitative estimate of drug-likeness (QED) is 0.266. The second-order valence-corrected chi connectivity index (χ2v) is 4.57. The molecule has 6 nitrogen and oxygen atoms in total. The molecule has 0 radical (unpaired) electrons. The summed E-state index contributed by atoms with van der Waals surface area (Å²) in [5.74, 6) is -1.34. The highest BCUT2D eigenvalue weighted by Gasteiger charge is 2.20. The lowest BCUT2D eigenvalue weighted by atomic mass is 10.1. The topological polar surface area (TPSA) is 102 Å². The molecule has 0 heterocycles. The minimum atomic E-state index is -1.04. The number of rotatable bonds is 8. The third kappa shape index (κ3) is 6.67. The molecule has 0 aromatic heterocycles. The monoisotopic (exact) mass is 287 g/mol. The summed E-state index contributed by atoms with van der Waals surface area (Å²) in [5.41, 5.74) is -0.165. The standard InChI is InChI=1S/C12H18ClN3O3/c1-8(2)10(12(18)19)16-7-9(6-14)11(17)15-5-3-4-13/h7-8,10,16H,3-5H2,1-2H3,(H,15,17)(H,18,19)/b9-7-. The molecule has 0 saturated heterocycles. The van der Waals surface area contributed by atoms with Gasteiger partial charge in [-0.15, -0.1) is 11.6 Å². The highest BCUT2D eigenvalue weighted by Crippen LogP contribution is 2.02. The number of carbonyl (C=O) groups is 2. The van der Waals surface area contributed by atoms with Gasteiger partial charge in [0.25, 0.3) is 5.91 Å². The number of carboxylic acids is 1. The van der Waals surface area contributed by atoms with Crippen LogP contribution in [0.15, 0.2) is 11.8 Å². The first-order valence-electron chi connectivity index (χ1n) is 5.87. The summed E-state index contributed by atoms with van der Waals surface area (Å²) >= 11 is 5.46. The highest BCUT2D eigenvalue weighted by molar-refractivity contribution is 6.17. The van der Waals surface area contributed by atoms with Crippen LogP contribution < -0.4 is 10.6 Å². The molecule has 0 aliphatic carbocycles. The third-order valence-corrected chi connectivity index (χ3v) is 2.57. The molecule has 1 unspecified atom stereocenters. The van der Waals surface area contributed by atoms with Crippen molar-refractivity contribution in [3.05, 3.63) is 11.8 Å². The van der Waals surface area contributed by atoms with E-state index in [-0.39, 0.29) is 11.5 Å². The van der Waals surface area contributed by atoms with Crippen LogP contribution in [-0.2, 0) is 9.59 Å². The van der Waals surface area contributed by atoms with E-state index in [0.29, 0.717) is 18.8 Å². The van der Waals surface area contributed by atoms with Crippen LogP contribution in [0.2, 0.25) is 0 Å². The molecule has 0 rings (SSSR count). The van der Waals surface area contributed by atoms with Crippen molar-refractivity contribution in [2.24, 2.45) is 5.92 Å². The number of hydrogen-bond acceptors (Lipinski definition) is 4. The second kappa shape index (κ2) is 9.22. The van der Waals surface area contributed by atoms with E-state index < -0.39 is 17.9 Å². The van der Waals surface area contributed by atoms with Crippen molar-refractivity contribution in [3.8, 4) is 6.07 Å². The first kappa shape index (κ1) is 17.3. The summed E-state index contributed by atoms with van der Waals surface area (Å²) in [5, 5.41) is 22.9. The van der Waals surface area contributed by atoms with Crippen molar-refractivity contribution in [1.82, 2.24) is 10.6 Å². The molecule has 0 fully saturated rings. The first-order chi connectivity index (χ1) is 8.93. The van der Waals surface area contributed by atoms with Gasteiger partial charge in [-0.25, -0.2) is 4.79 Å². The number of nitriles is 1. The van der Waals surface area contributed by atoms with Gasteiger partial charge in [0.2, 0.25) is 0 Å². The van der Waals surface area contributed by atoms with Gasteiger partial charge < -0.3 is 15.7 Å². The van der Waals surface area contributed by atoms with Crippen LogP contribution in [0.4, 0.5) is 0 Å². The zero-order valence-corrected chi connectivity index (χ0v) is 11.7. The SMILES string of the molecule is CC(C)C(N/C=C(/C#N)C(=O)NCCCCl)C(=O)O. The molecule has 0 aromatic carbocycles. The Balaban J connectivity index is 4.59. The van der Waals surface area contributed by atoms with Crippen LogP contribution >= 0.6 is 11.6 Å². The largest absolute Gasteiger partial charge is 0.480 e. The predicted molar refractivity (Wildman–Crippen MR) is 71.4 cm³/mol. The van der Waals surface area contributed by atoms with Crippen molar-refractivity contribution in [3.63, 3.8) is 0 Å². The number of carboxylic acid groups (broad SMARTS) is 1. The zero-order chi connectivity index (χ0) is 14.8. The molecule has 1 atom stereocenters. The van der Waals surface area contributed by atoms with Crippen molar-refractivity contribution in [1.29, 1.82) is 5.26 Å². The molecule has 19 heavy (non-hydrogen) atoms. The Morgan fingerprint density at radius 2 is 2.11 bits per heavy atom. The average molecular weight is 288 g/mol. The summed E-state index contributed by atoms with van der Waals surface area (Å²) < 4.78 is 0. The van der Waals surface area contributed by atoms with E-state index in [1.54, 1.807) is 19.9 Å². The molecule has 0 aromatic rings. The van der Waals surface area contributed by atoms with Gasteiger partial charge in [0.15, 0.2) is 0 Å². The number of hydrogen-bond donors (Lipinski definition) is 3. The Kier molecular flexibility index (Phi) is 8.38. The number of carbonyl (C=O) groups excluding carboxylic acids is 1. The van der Waals surface area contributed by atoms with E-state index >= 15 is 0 Å². The average Bonchev–Trinajstić information content (AvgIpc) is 2.33. The van der Waals surface area contributed by atoms with E-state index in [9.17, 15) is 9.59 Å². The van der Waals surface area contributed by atoms with Gasteiger partial charge in [0.1, 0.15) is 17.7 Å². The lowest BCUT2D eigenvalue weighted by Gasteiger charge is -2.16. The lowest BCUT2D eigenvalue weighted by Crippen LogP contribution is -2.38. The maximum absolute atomic E-state index is 11.6. The van der Waals surface area contributed by atoms with Crippen LogP contribution in [0.1, 0.15) is 20.3 Å². The van der Waals surface area contributed by atoms with Crippen molar-refractivity contribution in [2.45, 2.75) is 26.3 Å². The molecule has 0 aliphatic rings. The smallest absolute Gasteiger partial charge is 0.326 e. The number of nitrogens with zero attached hydrogens (tertiary/aromatic N) is 1. The summed E-state index contributed by atoms with van der Waals surface area (Å²) in [7, 11) is 0. The molecule has 106 valence electrons. The van der Waals surface area contributed by atoms with Crippen LogP contribution in [0.25, 0.3) is 0 Å². The maximum atomic E-state index is 11.6. The van der Waals surface area contributed by atoms with Gasteiger partial charge in [-0.05, 0) is 12.3 Å². The molecule has 0 bridgehead atoms. The minimum absolute atomic E-state index is 0.165. The second-order valence-electron chi connectivity index (χ2n) is 4.19. The Bertz CT molecular complexity index is 388. The van der Waals surface area contributed by atoms with Gasteiger partial charge in [-0.3, -0.25) is 4.79 Å². The molecule has 1 amide bonds. The van der Waals surface area contributed by atoms with Gasteiger partial charge in [-0.2, -0.15) is 5.26 Å². The minimum Gasteiger partial charge on any atom is -0.480 e. The maximum Gasteiger partial charge on any atom is 0.326 e. The fourth-order valence-corrected chi connectivity index (χ4v) is 1.37. The predicted octanol–water partition coefficient (Wildman–Crippen LogP) is 0.838. The van der Waals surface area contributed by atoms with Gasteiger partial charge in [-0.1, -0.05) is 13.8 Å². The fourth-order valence-electron chi connectivity index (χ4n) is 1.23. The number of alkyl halides is 1. The number of nitrogens with one attached hydrogen (secondary N) is 2.